The summed E-state index contributed by atoms with van der Waals surface area (Å²) < 4.78 is 0. The minimum Gasteiger partial charge on any atom is -0.373 e. The second-order valence-corrected chi connectivity index (χ2v) is 1.58. The standard InChI is InChI=1S/C5H5NO2/c7-3-4-5(8)1-2-6-4/h6H,1-2H2. The molecule has 1 heterocycles. The molecule has 1 aliphatic rings. The lowest BCUT2D eigenvalue weighted by atomic mass is 10.3. The summed E-state index contributed by atoms with van der Waals surface area (Å²) in [5, 5.41) is 2.60. The summed E-state index contributed by atoms with van der Waals surface area (Å²) in [7, 11) is 0. The Labute approximate surface area is 46.4 Å². The molecular formula is C5H5NO2. The number of carbonyl (C=O) groups is 1. The summed E-state index contributed by atoms with van der Waals surface area (Å²) in [5.74, 6) is 1.39. The molecule has 1 aliphatic heterocycles. The Bertz CT molecular complexity index is 167. The minimum atomic E-state index is -0.125. The average molecular weight is 111 g/mol. The van der Waals surface area contributed by atoms with Crippen molar-refractivity contribution in [3.05, 3.63) is 5.70 Å². The van der Waals surface area contributed by atoms with Crippen LogP contribution in [0.25, 0.3) is 0 Å². The molecule has 0 aliphatic carbocycles. The zero-order chi connectivity index (χ0) is 5.98. The number of allylic oxidation sites excluding steroid dienone is 1. The van der Waals surface area contributed by atoms with Crippen LogP contribution in [0.15, 0.2) is 5.70 Å². The van der Waals surface area contributed by atoms with Crippen LogP contribution in [0.3, 0.4) is 0 Å². The Kier molecular flexibility index (Phi) is 1.14. The maximum absolute atomic E-state index is 10.4. The molecule has 1 fully saturated rings. The number of nitrogens with one attached hydrogen (secondary N) is 1. The molecule has 3 heteroatoms. The fourth-order valence-electron chi connectivity index (χ4n) is 0.618. The third-order valence-electron chi connectivity index (χ3n) is 1.03. The fourth-order valence-corrected chi connectivity index (χ4v) is 0.618. The second kappa shape index (κ2) is 1.80. The van der Waals surface area contributed by atoms with Crippen molar-refractivity contribution in [2.24, 2.45) is 0 Å². The maximum Gasteiger partial charge on any atom is 0.191 e. The first-order chi connectivity index (χ1) is 3.84. The zero-order valence-corrected chi connectivity index (χ0v) is 4.23. The molecule has 0 saturated carbocycles. The van der Waals surface area contributed by atoms with E-state index in [4.69, 9.17) is 0 Å². The average Bonchev–Trinajstić information content (AvgIpc) is 2.14. The molecule has 3 nitrogen and oxygen atoms in total. The van der Waals surface area contributed by atoms with Crippen LogP contribution in [-0.4, -0.2) is 18.3 Å². The van der Waals surface area contributed by atoms with E-state index in [9.17, 15) is 9.59 Å². The molecular weight excluding hydrogens is 106 g/mol. The summed E-state index contributed by atoms with van der Waals surface area (Å²) >= 11 is 0. The highest BCUT2D eigenvalue weighted by molar-refractivity contribution is 6.03. The zero-order valence-electron chi connectivity index (χ0n) is 4.23. The van der Waals surface area contributed by atoms with Gasteiger partial charge in [0.2, 0.25) is 0 Å². The maximum atomic E-state index is 10.4. The van der Waals surface area contributed by atoms with Gasteiger partial charge in [-0.2, -0.15) is 0 Å². The Morgan fingerprint density at radius 1 is 1.62 bits per heavy atom. The van der Waals surface area contributed by atoms with Gasteiger partial charge < -0.3 is 5.32 Å². The number of ketones is 1. The highest BCUT2D eigenvalue weighted by Gasteiger charge is 2.16. The molecule has 0 bridgehead atoms. The van der Waals surface area contributed by atoms with Gasteiger partial charge in [-0.15, -0.1) is 0 Å². The predicted octanol–water partition coefficient (Wildman–Crippen LogP) is -0.736. The highest BCUT2D eigenvalue weighted by Crippen LogP contribution is 1.98. The van der Waals surface area contributed by atoms with E-state index >= 15 is 0 Å². The van der Waals surface area contributed by atoms with Crippen molar-refractivity contribution in [2.45, 2.75) is 6.42 Å². The van der Waals surface area contributed by atoms with Gasteiger partial charge in [-0.05, 0) is 0 Å². The minimum absolute atomic E-state index is 0.102. The predicted molar refractivity (Wildman–Crippen MR) is 26.8 cm³/mol. The van der Waals surface area contributed by atoms with Crippen LogP contribution in [0.5, 0.6) is 0 Å². The van der Waals surface area contributed by atoms with Crippen molar-refractivity contribution in [1.29, 1.82) is 0 Å². The van der Waals surface area contributed by atoms with Crippen LogP contribution in [-0.2, 0) is 9.59 Å². The number of hydrogen-bond acceptors (Lipinski definition) is 3. The van der Waals surface area contributed by atoms with E-state index < -0.39 is 0 Å². The fraction of sp³-hybridized carbons (Fsp3) is 0.400. The number of hydrogen-bond donors (Lipinski definition) is 1. The van der Waals surface area contributed by atoms with E-state index in [-0.39, 0.29) is 11.5 Å². The molecule has 0 unspecified atom stereocenters. The van der Waals surface area contributed by atoms with Crippen molar-refractivity contribution in [3.8, 4) is 0 Å². The Hall–Kier alpha value is -1.08. The van der Waals surface area contributed by atoms with Gasteiger partial charge in [-0.25, -0.2) is 4.79 Å². The van der Waals surface area contributed by atoms with Crippen molar-refractivity contribution in [3.63, 3.8) is 0 Å². The van der Waals surface area contributed by atoms with Crippen LogP contribution in [0.4, 0.5) is 0 Å². The molecule has 1 N–H and O–H groups in total. The van der Waals surface area contributed by atoms with Gasteiger partial charge in [-0.3, -0.25) is 4.79 Å². The lowest BCUT2D eigenvalue weighted by Crippen LogP contribution is -2.06. The van der Waals surface area contributed by atoms with Crippen molar-refractivity contribution < 1.29 is 9.59 Å². The van der Waals surface area contributed by atoms with Gasteiger partial charge in [0.05, 0.1) is 0 Å². The van der Waals surface area contributed by atoms with Gasteiger partial charge in [0.1, 0.15) is 0 Å². The molecule has 42 valence electrons. The van der Waals surface area contributed by atoms with Gasteiger partial charge in [0.25, 0.3) is 0 Å². The van der Waals surface area contributed by atoms with E-state index in [1.165, 1.54) is 5.94 Å². The summed E-state index contributed by atoms with van der Waals surface area (Å²) in [4.78, 5) is 20.2. The number of rotatable bonds is 0. The van der Waals surface area contributed by atoms with Gasteiger partial charge in [-0.1, -0.05) is 0 Å². The van der Waals surface area contributed by atoms with Gasteiger partial charge in [0, 0.05) is 13.0 Å². The summed E-state index contributed by atoms with van der Waals surface area (Å²) in [5.41, 5.74) is 0.102. The summed E-state index contributed by atoms with van der Waals surface area (Å²) in [6, 6.07) is 0. The summed E-state index contributed by atoms with van der Waals surface area (Å²) in [6.07, 6.45) is 0.435. The van der Waals surface area contributed by atoms with Crippen molar-refractivity contribution >= 4 is 11.7 Å². The molecule has 1 rings (SSSR count). The molecule has 8 heavy (non-hydrogen) atoms. The van der Waals surface area contributed by atoms with Gasteiger partial charge in [0.15, 0.2) is 17.4 Å². The van der Waals surface area contributed by atoms with Gasteiger partial charge >= 0.3 is 0 Å². The van der Waals surface area contributed by atoms with Crippen molar-refractivity contribution in [2.75, 3.05) is 6.54 Å². The molecule has 0 aromatic heterocycles. The molecule has 0 aromatic carbocycles. The van der Waals surface area contributed by atoms with E-state index in [2.05, 4.69) is 5.32 Å². The number of carbonyl (C=O) groups excluding carboxylic acids is 2. The summed E-state index contributed by atoms with van der Waals surface area (Å²) in [6.45, 7) is 0.587. The Morgan fingerprint density at radius 2 is 2.38 bits per heavy atom. The normalized spacial score (nSPS) is 18.0. The molecule has 0 aromatic rings. The largest absolute Gasteiger partial charge is 0.373 e. The lowest BCUT2D eigenvalue weighted by Gasteiger charge is -1.82. The van der Waals surface area contributed by atoms with E-state index in [0.29, 0.717) is 13.0 Å². The second-order valence-electron chi connectivity index (χ2n) is 1.58. The van der Waals surface area contributed by atoms with Crippen LogP contribution >= 0.6 is 0 Å². The van der Waals surface area contributed by atoms with Crippen LogP contribution in [0.2, 0.25) is 0 Å². The molecule has 0 spiro atoms. The first kappa shape index (κ1) is 5.06. The van der Waals surface area contributed by atoms with E-state index in [0.717, 1.165) is 0 Å². The van der Waals surface area contributed by atoms with Crippen LogP contribution < -0.4 is 5.32 Å². The SMILES string of the molecule is O=C=C1NCCC1=O. The smallest absolute Gasteiger partial charge is 0.191 e. The quantitative estimate of drug-likeness (QED) is 0.331. The first-order valence-electron chi connectivity index (χ1n) is 2.37. The molecule has 0 atom stereocenters. The molecule has 1 saturated heterocycles. The molecule has 0 radical (unpaired) electrons. The van der Waals surface area contributed by atoms with Crippen molar-refractivity contribution in [1.82, 2.24) is 5.32 Å². The number of Topliss-reactive ketones (excluding diaryl/α,β-unsaturated/α-hetero) is 1. The molecule has 0 amide bonds. The highest BCUT2D eigenvalue weighted by atomic mass is 16.1. The van der Waals surface area contributed by atoms with E-state index in [1.54, 1.807) is 0 Å². The Morgan fingerprint density at radius 3 is 2.62 bits per heavy atom. The topological polar surface area (TPSA) is 46.2 Å². The van der Waals surface area contributed by atoms with Crippen LogP contribution in [0.1, 0.15) is 6.42 Å². The third-order valence-corrected chi connectivity index (χ3v) is 1.03. The first-order valence-corrected chi connectivity index (χ1v) is 2.37. The van der Waals surface area contributed by atoms with Crippen LogP contribution in [0, 0.1) is 0 Å². The lowest BCUT2D eigenvalue weighted by molar-refractivity contribution is -0.114. The third kappa shape index (κ3) is 0.634. The Balaban J connectivity index is 2.84. The monoisotopic (exact) mass is 111 g/mol. The van der Waals surface area contributed by atoms with E-state index in [1.807, 2.05) is 0 Å².